The number of hydrogen-bond acceptors (Lipinski definition) is 3. The van der Waals surface area contributed by atoms with Crippen LogP contribution >= 0.6 is 0 Å². The number of para-hydroxylation sites is 1. The Morgan fingerprint density at radius 3 is 2.44 bits per heavy atom. The quantitative estimate of drug-likeness (QED) is 0.794. The van der Waals surface area contributed by atoms with Crippen LogP contribution in [-0.4, -0.2) is 18.1 Å². The lowest BCUT2D eigenvalue weighted by molar-refractivity contribution is -0.154. The van der Waals surface area contributed by atoms with Crippen LogP contribution in [0.2, 0.25) is 0 Å². The number of hydrogen-bond donors (Lipinski definition) is 1. The molecule has 1 aromatic carbocycles. The van der Waals surface area contributed by atoms with Crippen molar-refractivity contribution < 1.29 is 9.53 Å². The summed E-state index contributed by atoms with van der Waals surface area (Å²) in [6.45, 7) is 6.21. The summed E-state index contributed by atoms with van der Waals surface area (Å²) in [5, 5.41) is 3.16. The van der Waals surface area contributed by atoms with Gasteiger partial charge in [-0.1, -0.05) is 18.2 Å². The van der Waals surface area contributed by atoms with Crippen molar-refractivity contribution in [2.75, 3.05) is 11.9 Å². The lowest BCUT2D eigenvalue weighted by atomic mass is 10.2. The Kier molecular flexibility index (Phi) is 4.35. The van der Waals surface area contributed by atoms with Gasteiger partial charge >= 0.3 is 5.97 Å². The molecule has 1 aromatic rings. The van der Waals surface area contributed by atoms with Gasteiger partial charge in [-0.2, -0.15) is 0 Å². The molecule has 0 aliphatic carbocycles. The first-order valence-corrected chi connectivity index (χ1v) is 5.48. The number of ether oxygens (including phenoxy) is 1. The van der Waals surface area contributed by atoms with Crippen molar-refractivity contribution >= 4 is 11.7 Å². The Bertz CT molecular complexity index is 328. The first-order chi connectivity index (χ1) is 7.47. The highest BCUT2D eigenvalue weighted by Crippen LogP contribution is 2.09. The van der Waals surface area contributed by atoms with Crippen molar-refractivity contribution in [2.24, 2.45) is 0 Å². The summed E-state index contributed by atoms with van der Waals surface area (Å²) >= 11 is 0. The molecular formula is C13H19NO2. The lowest BCUT2D eigenvalue weighted by Gasteiger charge is -2.19. The predicted molar refractivity (Wildman–Crippen MR) is 65.4 cm³/mol. The molecule has 0 heterocycles. The molecule has 0 aliphatic heterocycles. The predicted octanol–water partition coefficient (Wildman–Crippen LogP) is 2.83. The van der Waals surface area contributed by atoms with E-state index in [9.17, 15) is 4.79 Å². The van der Waals surface area contributed by atoms with E-state index in [1.807, 2.05) is 51.1 Å². The van der Waals surface area contributed by atoms with Gasteiger partial charge in [-0.05, 0) is 32.9 Å². The molecule has 3 nitrogen and oxygen atoms in total. The molecule has 0 radical (unpaired) electrons. The van der Waals surface area contributed by atoms with E-state index in [2.05, 4.69) is 5.32 Å². The molecule has 16 heavy (non-hydrogen) atoms. The van der Waals surface area contributed by atoms with Crippen molar-refractivity contribution in [1.82, 2.24) is 0 Å². The zero-order chi connectivity index (χ0) is 12.0. The Labute approximate surface area is 96.8 Å². The number of carbonyl (C=O) groups excluding carboxylic acids is 1. The van der Waals surface area contributed by atoms with E-state index in [1.54, 1.807) is 0 Å². The number of carbonyl (C=O) groups is 1. The first-order valence-electron chi connectivity index (χ1n) is 5.48. The summed E-state index contributed by atoms with van der Waals surface area (Å²) in [5.41, 5.74) is 0.621. The molecular weight excluding hydrogens is 202 g/mol. The van der Waals surface area contributed by atoms with Crippen LogP contribution in [0.15, 0.2) is 30.3 Å². The summed E-state index contributed by atoms with van der Waals surface area (Å²) in [7, 11) is 0. The van der Waals surface area contributed by atoms with Gasteiger partial charge in [-0.15, -0.1) is 0 Å². The van der Waals surface area contributed by atoms with Crippen LogP contribution in [0.3, 0.4) is 0 Å². The SMILES string of the molecule is CC(C)(C)OC(=O)CCNc1ccccc1. The third-order valence-electron chi connectivity index (χ3n) is 1.85. The second-order valence-corrected chi connectivity index (χ2v) is 4.63. The van der Waals surface area contributed by atoms with Crippen LogP contribution in [0, 0.1) is 0 Å². The lowest BCUT2D eigenvalue weighted by Crippen LogP contribution is -2.25. The van der Waals surface area contributed by atoms with E-state index in [4.69, 9.17) is 4.74 Å². The highest BCUT2D eigenvalue weighted by Gasteiger charge is 2.15. The number of benzene rings is 1. The molecule has 1 rings (SSSR count). The van der Waals surface area contributed by atoms with Crippen molar-refractivity contribution in [3.8, 4) is 0 Å². The molecule has 0 saturated heterocycles. The van der Waals surface area contributed by atoms with Gasteiger partial charge in [-0.25, -0.2) is 0 Å². The standard InChI is InChI=1S/C13H19NO2/c1-13(2,3)16-12(15)9-10-14-11-7-5-4-6-8-11/h4-8,14H,9-10H2,1-3H3. The van der Waals surface area contributed by atoms with Gasteiger partial charge in [0.25, 0.3) is 0 Å². The van der Waals surface area contributed by atoms with Crippen LogP contribution in [0.1, 0.15) is 27.2 Å². The van der Waals surface area contributed by atoms with E-state index in [0.717, 1.165) is 5.69 Å². The van der Waals surface area contributed by atoms with Gasteiger partial charge in [0.2, 0.25) is 0 Å². The van der Waals surface area contributed by atoms with Crippen molar-refractivity contribution in [3.05, 3.63) is 30.3 Å². The molecule has 0 bridgehead atoms. The van der Waals surface area contributed by atoms with E-state index < -0.39 is 5.60 Å². The average Bonchev–Trinajstić information content (AvgIpc) is 2.16. The van der Waals surface area contributed by atoms with Crippen LogP contribution in [0.4, 0.5) is 5.69 Å². The third-order valence-corrected chi connectivity index (χ3v) is 1.85. The minimum absolute atomic E-state index is 0.170. The summed E-state index contributed by atoms with van der Waals surface area (Å²) in [6, 6.07) is 9.80. The van der Waals surface area contributed by atoms with E-state index in [-0.39, 0.29) is 5.97 Å². The Morgan fingerprint density at radius 1 is 1.25 bits per heavy atom. The highest BCUT2D eigenvalue weighted by atomic mass is 16.6. The van der Waals surface area contributed by atoms with Crippen molar-refractivity contribution in [3.63, 3.8) is 0 Å². The normalized spacial score (nSPS) is 10.9. The maximum atomic E-state index is 11.4. The molecule has 0 saturated carbocycles. The largest absolute Gasteiger partial charge is 0.460 e. The van der Waals surface area contributed by atoms with Crippen molar-refractivity contribution in [1.29, 1.82) is 0 Å². The van der Waals surface area contributed by atoms with Gasteiger partial charge in [0, 0.05) is 12.2 Å². The number of nitrogens with one attached hydrogen (secondary N) is 1. The Hall–Kier alpha value is -1.51. The van der Waals surface area contributed by atoms with E-state index >= 15 is 0 Å². The maximum absolute atomic E-state index is 11.4. The zero-order valence-electron chi connectivity index (χ0n) is 10.1. The fraction of sp³-hybridized carbons (Fsp3) is 0.462. The minimum atomic E-state index is -0.399. The third kappa shape index (κ3) is 5.39. The highest BCUT2D eigenvalue weighted by molar-refractivity contribution is 5.70. The van der Waals surface area contributed by atoms with Gasteiger partial charge in [0.05, 0.1) is 6.42 Å². The second-order valence-electron chi connectivity index (χ2n) is 4.63. The Balaban J connectivity index is 2.24. The van der Waals surface area contributed by atoms with Gasteiger partial charge < -0.3 is 10.1 Å². The summed E-state index contributed by atoms with van der Waals surface area (Å²) in [6.07, 6.45) is 0.381. The number of esters is 1. The average molecular weight is 221 g/mol. The minimum Gasteiger partial charge on any atom is -0.460 e. The topological polar surface area (TPSA) is 38.3 Å². The van der Waals surface area contributed by atoms with Gasteiger partial charge in [-0.3, -0.25) is 4.79 Å². The zero-order valence-corrected chi connectivity index (χ0v) is 10.1. The van der Waals surface area contributed by atoms with Gasteiger partial charge in [0.15, 0.2) is 0 Å². The molecule has 0 fully saturated rings. The van der Waals surface area contributed by atoms with E-state index in [0.29, 0.717) is 13.0 Å². The maximum Gasteiger partial charge on any atom is 0.308 e. The fourth-order valence-electron chi connectivity index (χ4n) is 1.26. The second kappa shape index (κ2) is 5.54. The molecule has 0 aromatic heterocycles. The molecule has 1 N–H and O–H groups in total. The van der Waals surface area contributed by atoms with Crippen LogP contribution in [-0.2, 0) is 9.53 Å². The Morgan fingerprint density at radius 2 is 1.88 bits per heavy atom. The first kappa shape index (κ1) is 12.6. The summed E-state index contributed by atoms with van der Waals surface area (Å²) in [5.74, 6) is -0.170. The molecule has 0 aliphatic rings. The molecule has 88 valence electrons. The molecule has 0 amide bonds. The molecule has 3 heteroatoms. The fourth-order valence-corrected chi connectivity index (χ4v) is 1.26. The van der Waals surface area contributed by atoms with Crippen LogP contribution in [0.5, 0.6) is 0 Å². The number of anilines is 1. The molecule has 0 atom stereocenters. The summed E-state index contributed by atoms with van der Waals surface area (Å²) in [4.78, 5) is 11.4. The van der Waals surface area contributed by atoms with Crippen LogP contribution in [0.25, 0.3) is 0 Å². The summed E-state index contributed by atoms with van der Waals surface area (Å²) < 4.78 is 5.20. The molecule has 0 unspecified atom stereocenters. The van der Waals surface area contributed by atoms with E-state index in [1.165, 1.54) is 0 Å². The van der Waals surface area contributed by atoms with Gasteiger partial charge in [0.1, 0.15) is 5.60 Å². The van der Waals surface area contributed by atoms with Crippen LogP contribution < -0.4 is 5.32 Å². The van der Waals surface area contributed by atoms with Crippen molar-refractivity contribution in [2.45, 2.75) is 32.8 Å². The monoisotopic (exact) mass is 221 g/mol. The smallest absolute Gasteiger partial charge is 0.308 e. The molecule has 0 spiro atoms. The number of rotatable bonds is 4.